The first-order chi connectivity index (χ1) is 13.3. The molecule has 0 N–H and O–H groups in total. The molecule has 2 heterocycles. The van der Waals surface area contributed by atoms with Gasteiger partial charge in [0, 0.05) is 17.2 Å². The molecule has 0 amide bonds. The molecule has 0 fully saturated rings. The minimum Gasteiger partial charge on any atom is -0.436 e. The lowest BCUT2D eigenvalue weighted by molar-refractivity contribution is 0.619. The Morgan fingerprint density at radius 2 is 1.67 bits per heavy atom. The molecular formula is C22H16N4O. The molecule has 0 radical (unpaired) electrons. The highest BCUT2D eigenvalue weighted by Crippen LogP contribution is 2.27. The lowest BCUT2D eigenvalue weighted by Crippen LogP contribution is -1.96. The highest BCUT2D eigenvalue weighted by atomic mass is 16.3. The zero-order valence-corrected chi connectivity index (χ0v) is 14.7. The Morgan fingerprint density at radius 1 is 0.852 bits per heavy atom. The van der Waals surface area contributed by atoms with Gasteiger partial charge in [-0.05, 0) is 31.2 Å². The molecule has 0 aliphatic rings. The number of aromatic nitrogens is 4. The predicted octanol–water partition coefficient (Wildman–Crippen LogP) is 5.05. The number of nitrogens with zero attached hydrogens (tertiary/aromatic N) is 4. The van der Waals surface area contributed by atoms with Gasteiger partial charge in [0.15, 0.2) is 11.4 Å². The van der Waals surface area contributed by atoms with E-state index >= 15 is 0 Å². The molecule has 0 spiro atoms. The number of hydrogen-bond donors (Lipinski definition) is 0. The number of rotatable bonds is 3. The van der Waals surface area contributed by atoms with Gasteiger partial charge in [0.25, 0.3) is 0 Å². The van der Waals surface area contributed by atoms with E-state index in [0.29, 0.717) is 5.89 Å². The van der Waals surface area contributed by atoms with E-state index in [4.69, 9.17) is 4.42 Å². The van der Waals surface area contributed by atoms with Crippen LogP contribution in [-0.2, 0) is 0 Å². The van der Waals surface area contributed by atoms with Crippen LogP contribution in [0, 0.1) is 6.92 Å². The van der Waals surface area contributed by atoms with Gasteiger partial charge in [-0.3, -0.25) is 4.57 Å². The Morgan fingerprint density at radius 3 is 2.48 bits per heavy atom. The van der Waals surface area contributed by atoms with Crippen molar-refractivity contribution in [2.45, 2.75) is 6.92 Å². The molecule has 0 atom stereocenters. The number of benzene rings is 3. The van der Waals surface area contributed by atoms with E-state index in [2.05, 4.69) is 46.4 Å². The van der Waals surface area contributed by atoms with Gasteiger partial charge in [-0.25, -0.2) is 4.98 Å². The van der Waals surface area contributed by atoms with Crippen LogP contribution in [0.5, 0.6) is 0 Å². The van der Waals surface area contributed by atoms with Gasteiger partial charge in [-0.15, -0.1) is 10.2 Å². The van der Waals surface area contributed by atoms with E-state index in [-0.39, 0.29) is 0 Å². The van der Waals surface area contributed by atoms with E-state index in [1.807, 2.05) is 53.1 Å². The molecule has 5 heteroatoms. The topological polar surface area (TPSA) is 56.7 Å². The van der Waals surface area contributed by atoms with Crippen LogP contribution >= 0.6 is 0 Å². The van der Waals surface area contributed by atoms with Gasteiger partial charge in [0.1, 0.15) is 11.8 Å². The first-order valence-corrected chi connectivity index (χ1v) is 8.71. The lowest BCUT2D eigenvalue weighted by Gasteiger charge is -2.06. The highest BCUT2D eigenvalue weighted by molar-refractivity contribution is 5.78. The third-order valence-electron chi connectivity index (χ3n) is 4.53. The normalized spacial score (nSPS) is 11.1. The van der Waals surface area contributed by atoms with E-state index in [1.165, 1.54) is 5.56 Å². The molecule has 0 aliphatic carbocycles. The van der Waals surface area contributed by atoms with Crippen molar-refractivity contribution >= 4 is 11.1 Å². The molecule has 0 aliphatic heterocycles. The fourth-order valence-electron chi connectivity index (χ4n) is 3.09. The second-order valence-electron chi connectivity index (χ2n) is 6.43. The maximum absolute atomic E-state index is 5.99. The maximum Gasteiger partial charge on any atom is 0.227 e. The summed E-state index contributed by atoms with van der Waals surface area (Å²) in [6.45, 7) is 2.07. The van der Waals surface area contributed by atoms with Crippen LogP contribution in [0.3, 0.4) is 0 Å². The molecule has 0 unspecified atom stereocenters. The van der Waals surface area contributed by atoms with Crippen molar-refractivity contribution in [2.75, 3.05) is 0 Å². The smallest absolute Gasteiger partial charge is 0.227 e. The average molecular weight is 352 g/mol. The Labute approximate surface area is 155 Å². The van der Waals surface area contributed by atoms with Crippen molar-refractivity contribution in [1.29, 1.82) is 0 Å². The molecule has 5 rings (SSSR count). The second-order valence-corrected chi connectivity index (χ2v) is 6.43. The van der Waals surface area contributed by atoms with Crippen LogP contribution in [-0.4, -0.2) is 19.7 Å². The first-order valence-electron chi connectivity index (χ1n) is 8.71. The molecule has 0 saturated carbocycles. The molecular weight excluding hydrogens is 336 g/mol. The van der Waals surface area contributed by atoms with Gasteiger partial charge in [-0.2, -0.15) is 0 Å². The minimum atomic E-state index is 0.616. The van der Waals surface area contributed by atoms with Crippen molar-refractivity contribution in [3.8, 4) is 28.5 Å². The summed E-state index contributed by atoms with van der Waals surface area (Å²) in [6.07, 6.45) is 1.71. The number of fused-ring (bicyclic) bond motifs is 1. The summed E-state index contributed by atoms with van der Waals surface area (Å²) in [5.41, 5.74) is 5.67. The van der Waals surface area contributed by atoms with Crippen LogP contribution < -0.4 is 0 Å². The third kappa shape index (κ3) is 2.79. The van der Waals surface area contributed by atoms with Gasteiger partial charge >= 0.3 is 0 Å². The fraction of sp³-hybridized carbons (Fsp3) is 0.0455. The molecule has 2 aromatic heterocycles. The Balaban J connectivity index is 1.59. The van der Waals surface area contributed by atoms with Crippen molar-refractivity contribution in [3.63, 3.8) is 0 Å². The van der Waals surface area contributed by atoms with Crippen LogP contribution in [0.25, 0.3) is 39.6 Å². The summed E-state index contributed by atoms with van der Waals surface area (Å²) in [6, 6.07) is 24.1. The fourth-order valence-corrected chi connectivity index (χ4v) is 3.09. The lowest BCUT2D eigenvalue weighted by atomic mass is 10.1. The summed E-state index contributed by atoms with van der Waals surface area (Å²) in [5.74, 6) is 1.41. The Hall–Kier alpha value is -3.73. The van der Waals surface area contributed by atoms with Crippen LogP contribution in [0.2, 0.25) is 0 Å². The van der Waals surface area contributed by atoms with E-state index in [0.717, 1.165) is 33.7 Å². The van der Waals surface area contributed by atoms with Gasteiger partial charge in [0.05, 0.1) is 5.69 Å². The molecule has 5 nitrogen and oxygen atoms in total. The van der Waals surface area contributed by atoms with Gasteiger partial charge in [-0.1, -0.05) is 48.0 Å². The summed E-state index contributed by atoms with van der Waals surface area (Å²) in [5, 5.41) is 8.39. The highest BCUT2D eigenvalue weighted by Gasteiger charge is 2.12. The summed E-state index contributed by atoms with van der Waals surface area (Å²) < 4.78 is 7.94. The minimum absolute atomic E-state index is 0.616. The molecule has 130 valence electrons. The van der Waals surface area contributed by atoms with Crippen molar-refractivity contribution < 1.29 is 4.42 Å². The zero-order valence-electron chi connectivity index (χ0n) is 14.7. The van der Waals surface area contributed by atoms with E-state index < -0.39 is 0 Å². The van der Waals surface area contributed by atoms with E-state index in [9.17, 15) is 0 Å². The molecule has 3 aromatic carbocycles. The van der Waals surface area contributed by atoms with E-state index in [1.54, 1.807) is 6.33 Å². The van der Waals surface area contributed by atoms with Gasteiger partial charge in [0.2, 0.25) is 5.89 Å². The van der Waals surface area contributed by atoms with Crippen molar-refractivity contribution in [1.82, 2.24) is 19.7 Å². The maximum atomic E-state index is 5.99. The third-order valence-corrected chi connectivity index (χ3v) is 4.53. The standard InChI is InChI=1S/C22H16N4O/c1-15-7-9-16(10-8-15)21-25-23-14-26(21)18-11-12-19-20(13-18)27-22(24-19)17-5-3-2-4-6-17/h2-14H,1H3. The van der Waals surface area contributed by atoms with Crippen LogP contribution in [0.1, 0.15) is 5.56 Å². The summed E-state index contributed by atoms with van der Waals surface area (Å²) >= 11 is 0. The number of aryl methyl sites for hydroxylation is 1. The SMILES string of the molecule is Cc1ccc(-c2nncn2-c2ccc3nc(-c4ccccc4)oc3c2)cc1. The van der Waals surface area contributed by atoms with Crippen LogP contribution in [0.4, 0.5) is 0 Å². The largest absolute Gasteiger partial charge is 0.436 e. The summed E-state index contributed by atoms with van der Waals surface area (Å²) in [7, 11) is 0. The monoisotopic (exact) mass is 352 g/mol. The number of hydrogen-bond acceptors (Lipinski definition) is 4. The molecule has 5 aromatic rings. The molecule has 0 bridgehead atoms. The summed E-state index contributed by atoms with van der Waals surface area (Å²) in [4.78, 5) is 4.59. The second kappa shape index (κ2) is 6.21. The Bertz CT molecular complexity index is 1220. The van der Waals surface area contributed by atoms with Crippen molar-refractivity contribution in [3.05, 3.63) is 84.7 Å². The molecule has 27 heavy (non-hydrogen) atoms. The van der Waals surface area contributed by atoms with Gasteiger partial charge < -0.3 is 4.42 Å². The first kappa shape index (κ1) is 15.5. The van der Waals surface area contributed by atoms with Crippen molar-refractivity contribution in [2.24, 2.45) is 0 Å². The average Bonchev–Trinajstić information content (AvgIpc) is 3.36. The zero-order chi connectivity index (χ0) is 18.2. The number of oxazole rings is 1. The Kier molecular flexibility index (Phi) is 3.57. The quantitative estimate of drug-likeness (QED) is 0.456. The predicted molar refractivity (Wildman–Crippen MR) is 105 cm³/mol. The van der Waals surface area contributed by atoms with Crippen LogP contribution in [0.15, 0.2) is 83.5 Å². The molecule has 0 saturated heterocycles.